The minimum Gasteiger partial charge on any atom is -0.328 e. The molecule has 1 unspecified atom stereocenters. The van der Waals surface area contributed by atoms with E-state index in [1.165, 1.54) is 0 Å². The predicted molar refractivity (Wildman–Crippen MR) is 44.3 cm³/mol. The van der Waals surface area contributed by atoms with Gasteiger partial charge in [-0.05, 0) is 19.8 Å². The van der Waals surface area contributed by atoms with E-state index in [-0.39, 0.29) is 6.17 Å². The first kappa shape index (κ1) is 9.88. The molecule has 0 aromatic heterocycles. The van der Waals surface area contributed by atoms with Crippen LogP contribution in [0.1, 0.15) is 32.6 Å². The number of rotatable bonds is 5. The Morgan fingerprint density at radius 2 is 1.50 bits per heavy atom. The number of hydrogen-bond acceptors (Lipinski definition) is 3. The Morgan fingerprint density at radius 3 is 1.90 bits per heavy atom. The van der Waals surface area contributed by atoms with Gasteiger partial charge in [-0.2, -0.15) is 0 Å². The average molecular weight is 145 g/mol. The third-order valence-corrected chi connectivity index (χ3v) is 1.45. The maximum Gasteiger partial charge on any atom is 0.0520 e. The van der Waals surface area contributed by atoms with Crippen molar-refractivity contribution < 1.29 is 0 Å². The third kappa shape index (κ3) is 7.88. The Balaban J connectivity index is 2.91. The molecule has 0 heterocycles. The van der Waals surface area contributed by atoms with E-state index in [1.54, 1.807) is 0 Å². The highest BCUT2D eigenvalue weighted by atomic mass is 14.8. The fraction of sp³-hybridized carbons (Fsp3) is 1.00. The first-order chi connectivity index (χ1) is 4.63. The van der Waals surface area contributed by atoms with Gasteiger partial charge in [0.2, 0.25) is 0 Å². The van der Waals surface area contributed by atoms with Crippen LogP contribution in [0.2, 0.25) is 0 Å². The van der Waals surface area contributed by atoms with Crippen LogP contribution in [-0.4, -0.2) is 12.2 Å². The van der Waals surface area contributed by atoms with Crippen molar-refractivity contribution >= 4 is 0 Å². The summed E-state index contributed by atoms with van der Waals surface area (Å²) in [5, 5.41) is 0. The van der Waals surface area contributed by atoms with Crippen molar-refractivity contribution in [2.24, 2.45) is 17.2 Å². The van der Waals surface area contributed by atoms with E-state index in [0.717, 1.165) is 25.7 Å². The zero-order chi connectivity index (χ0) is 7.98. The quantitative estimate of drug-likeness (QED) is 0.380. The lowest BCUT2D eigenvalue weighted by Gasteiger charge is -2.06. The Labute approximate surface area is 62.9 Å². The summed E-state index contributed by atoms with van der Waals surface area (Å²) in [7, 11) is 0. The highest BCUT2D eigenvalue weighted by Gasteiger charge is 1.96. The van der Waals surface area contributed by atoms with Gasteiger partial charge in [-0.25, -0.2) is 0 Å². The van der Waals surface area contributed by atoms with Crippen LogP contribution in [0.3, 0.4) is 0 Å². The second-order valence-corrected chi connectivity index (χ2v) is 2.93. The number of unbranched alkanes of at least 4 members (excludes halogenated alkanes) is 1. The molecule has 0 saturated heterocycles. The van der Waals surface area contributed by atoms with E-state index in [1.807, 2.05) is 6.92 Å². The van der Waals surface area contributed by atoms with Crippen molar-refractivity contribution in [2.45, 2.75) is 44.8 Å². The first-order valence-corrected chi connectivity index (χ1v) is 3.89. The molecule has 0 aliphatic carbocycles. The van der Waals surface area contributed by atoms with E-state index >= 15 is 0 Å². The minimum atomic E-state index is -0.145. The molecule has 3 heteroatoms. The number of nitrogens with two attached hydrogens (primary N) is 3. The molecule has 0 amide bonds. The summed E-state index contributed by atoms with van der Waals surface area (Å²) in [6, 6.07) is 0.314. The largest absolute Gasteiger partial charge is 0.328 e. The van der Waals surface area contributed by atoms with Crippen molar-refractivity contribution in [1.29, 1.82) is 0 Å². The molecule has 0 bridgehead atoms. The summed E-state index contributed by atoms with van der Waals surface area (Å²) < 4.78 is 0. The summed E-state index contributed by atoms with van der Waals surface area (Å²) in [5.41, 5.74) is 16.3. The second kappa shape index (κ2) is 5.65. The molecule has 62 valence electrons. The van der Waals surface area contributed by atoms with Crippen LogP contribution in [0.15, 0.2) is 0 Å². The Morgan fingerprint density at radius 1 is 1.00 bits per heavy atom. The lowest BCUT2D eigenvalue weighted by molar-refractivity contribution is 0.536. The van der Waals surface area contributed by atoms with Crippen molar-refractivity contribution in [3.63, 3.8) is 0 Å². The van der Waals surface area contributed by atoms with Crippen LogP contribution in [0.25, 0.3) is 0 Å². The molecule has 0 fully saturated rings. The topological polar surface area (TPSA) is 78.1 Å². The SMILES string of the molecule is CC(N)CCCCC(N)N. The van der Waals surface area contributed by atoms with E-state index in [0.29, 0.717) is 6.04 Å². The Hall–Kier alpha value is -0.120. The van der Waals surface area contributed by atoms with E-state index in [4.69, 9.17) is 17.2 Å². The van der Waals surface area contributed by atoms with Gasteiger partial charge in [0.1, 0.15) is 0 Å². The van der Waals surface area contributed by atoms with Crippen molar-refractivity contribution in [2.75, 3.05) is 0 Å². The smallest absolute Gasteiger partial charge is 0.0520 e. The molecule has 6 N–H and O–H groups in total. The van der Waals surface area contributed by atoms with Gasteiger partial charge >= 0.3 is 0 Å². The normalized spacial score (nSPS) is 14.1. The highest BCUT2D eigenvalue weighted by Crippen LogP contribution is 2.01. The van der Waals surface area contributed by atoms with E-state index in [9.17, 15) is 0 Å². The summed E-state index contributed by atoms with van der Waals surface area (Å²) >= 11 is 0. The Kier molecular flexibility index (Phi) is 5.58. The molecule has 0 rings (SSSR count). The van der Waals surface area contributed by atoms with E-state index < -0.39 is 0 Å². The highest BCUT2D eigenvalue weighted by molar-refractivity contribution is 4.56. The molecule has 10 heavy (non-hydrogen) atoms. The van der Waals surface area contributed by atoms with Gasteiger partial charge in [-0.1, -0.05) is 12.8 Å². The molecule has 1 atom stereocenters. The molecule has 3 nitrogen and oxygen atoms in total. The molecule has 0 aliphatic rings. The van der Waals surface area contributed by atoms with Crippen LogP contribution in [-0.2, 0) is 0 Å². The monoisotopic (exact) mass is 145 g/mol. The van der Waals surface area contributed by atoms with Crippen LogP contribution >= 0.6 is 0 Å². The van der Waals surface area contributed by atoms with Crippen molar-refractivity contribution in [3.05, 3.63) is 0 Å². The minimum absolute atomic E-state index is 0.145. The molecule has 0 saturated carbocycles. The molecule has 0 aromatic rings. The molecule has 0 aromatic carbocycles. The first-order valence-electron chi connectivity index (χ1n) is 3.89. The van der Waals surface area contributed by atoms with E-state index in [2.05, 4.69) is 0 Å². The van der Waals surface area contributed by atoms with Gasteiger partial charge in [-0.15, -0.1) is 0 Å². The number of hydrogen-bond donors (Lipinski definition) is 3. The maximum atomic E-state index is 5.55. The summed E-state index contributed by atoms with van der Waals surface area (Å²) in [6.07, 6.45) is 4.08. The third-order valence-electron chi connectivity index (χ3n) is 1.45. The Bertz CT molecular complexity index is 61.3. The molecule has 0 aliphatic heterocycles. The zero-order valence-corrected chi connectivity index (χ0v) is 6.72. The zero-order valence-electron chi connectivity index (χ0n) is 6.72. The summed E-state index contributed by atoms with van der Waals surface area (Å²) in [4.78, 5) is 0. The molecular weight excluding hydrogens is 126 g/mol. The van der Waals surface area contributed by atoms with Crippen LogP contribution < -0.4 is 17.2 Å². The van der Waals surface area contributed by atoms with Crippen LogP contribution in [0.4, 0.5) is 0 Å². The second-order valence-electron chi connectivity index (χ2n) is 2.93. The summed E-state index contributed by atoms with van der Waals surface area (Å²) in [5.74, 6) is 0. The van der Waals surface area contributed by atoms with Crippen LogP contribution in [0.5, 0.6) is 0 Å². The fourth-order valence-electron chi connectivity index (χ4n) is 0.846. The van der Waals surface area contributed by atoms with Crippen molar-refractivity contribution in [3.8, 4) is 0 Å². The maximum absolute atomic E-state index is 5.55. The van der Waals surface area contributed by atoms with Crippen LogP contribution in [0, 0.1) is 0 Å². The molecule has 0 radical (unpaired) electrons. The molecule has 0 spiro atoms. The lowest BCUT2D eigenvalue weighted by atomic mass is 10.1. The molecular formula is C7H19N3. The standard InChI is InChI=1S/C7H19N3/c1-6(8)4-2-3-5-7(9)10/h6-7H,2-5,8-10H2,1H3. The fourth-order valence-corrected chi connectivity index (χ4v) is 0.846. The van der Waals surface area contributed by atoms with Gasteiger partial charge in [0.25, 0.3) is 0 Å². The summed E-state index contributed by atoms with van der Waals surface area (Å²) in [6.45, 7) is 2.02. The average Bonchev–Trinajstić information content (AvgIpc) is 1.79. The van der Waals surface area contributed by atoms with Gasteiger partial charge in [-0.3, -0.25) is 0 Å². The van der Waals surface area contributed by atoms with Gasteiger partial charge in [0, 0.05) is 6.04 Å². The van der Waals surface area contributed by atoms with Gasteiger partial charge < -0.3 is 17.2 Å². The van der Waals surface area contributed by atoms with Crippen molar-refractivity contribution in [1.82, 2.24) is 0 Å². The lowest BCUT2D eigenvalue weighted by Crippen LogP contribution is -2.30. The predicted octanol–water partition coefficient (Wildman–Crippen LogP) is 0.138. The van der Waals surface area contributed by atoms with Gasteiger partial charge in [0.05, 0.1) is 6.17 Å². The van der Waals surface area contributed by atoms with Gasteiger partial charge in [0.15, 0.2) is 0 Å².